The van der Waals surface area contributed by atoms with Crippen molar-refractivity contribution in [1.82, 2.24) is 4.90 Å². The molecule has 3 amide bonds. The van der Waals surface area contributed by atoms with Crippen molar-refractivity contribution in [2.24, 2.45) is 11.8 Å². The monoisotopic (exact) mass is 589 g/mol. The molecule has 4 heterocycles. The van der Waals surface area contributed by atoms with E-state index in [1.54, 1.807) is 9.80 Å². The maximum Gasteiger partial charge on any atom is 0.253 e. The molecule has 1 unspecified atom stereocenters. The minimum Gasteiger partial charge on any atom is -0.394 e. The van der Waals surface area contributed by atoms with E-state index in [1.165, 1.54) is 4.90 Å². The molecule has 8 heteroatoms. The van der Waals surface area contributed by atoms with Gasteiger partial charge in [0.05, 0.1) is 30.6 Å². The third-order valence-corrected chi connectivity index (χ3v) is 9.57. The summed E-state index contributed by atoms with van der Waals surface area (Å²) in [5, 5.41) is 10.8. The zero-order chi connectivity index (χ0) is 30.6. The maximum absolute atomic E-state index is 14.9. The molecule has 3 aromatic rings. The van der Waals surface area contributed by atoms with Crippen molar-refractivity contribution in [2.75, 3.05) is 29.5 Å². The topological polar surface area (TPSA) is 90.4 Å². The Morgan fingerprint density at radius 3 is 2.16 bits per heavy atom. The summed E-state index contributed by atoms with van der Waals surface area (Å²) in [7, 11) is 0. The fraction of sp³-hybridized carbons (Fsp3) is 0.306. The van der Waals surface area contributed by atoms with E-state index in [1.807, 2.05) is 117 Å². The Morgan fingerprint density at radius 1 is 0.818 bits per heavy atom. The van der Waals surface area contributed by atoms with Crippen LogP contribution in [0, 0.1) is 25.7 Å². The van der Waals surface area contributed by atoms with E-state index >= 15 is 0 Å². The first-order chi connectivity index (χ1) is 21.4. The molecule has 1 spiro atoms. The molecule has 0 bridgehead atoms. The molecule has 4 aliphatic heterocycles. The van der Waals surface area contributed by atoms with Crippen LogP contribution in [0.3, 0.4) is 0 Å². The zero-order valence-corrected chi connectivity index (χ0v) is 24.7. The van der Waals surface area contributed by atoms with Gasteiger partial charge < -0.3 is 24.5 Å². The highest BCUT2D eigenvalue weighted by molar-refractivity contribution is 6.08. The van der Waals surface area contributed by atoms with Crippen LogP contribution in [0.15, 0.2) is 103 Å². The van der Waals surface area contributed by atoms with Gasteiger partial charge in [-0.1, -0.05) is 91.0 Å². The van der Waals surface area contributed by atoms with Gasteiger partial charge in [0.15, 0.2) is 0 Å². The Kier molecular flexibility index (Phi) is 6.98. The number of aliphatic hydroxyl groups is 1. The second kappa shape index (κ2) is 10.9. The molecule has 44 heavy (non-hydrogen) atoms. The third kappa shape index (κ3) is 4.16. The minimum absolute atomic E-state index is 0.223. The number of fused-ring (bicyclic) bond motifs is 2. The Bertz CT molecular complexity index is 1650. The van der Waals surface area contributed by atoms with Crippen molar-refractivity contribution in [3.05, 3.63) is 120 Å². The van der Waals surface area contributed by atoms with Crippen LogP contribution in [-0.4, -0.2) is 65.2 Å². The van der Waals surface area contributed by atoms with E-state index in [2.05, 4.69) is 0 Å². The molecule has 0 aromatic heterocycles. The van der Waals surface area contributed by atoms with E-state index in [0.29, 0.717) is 12.1 Å². The van der Waals surface area contributed by atoms with Crippen LogP contribution in [0.4, 0.5) is 11.4 Å². The van der Waals surface area contributed by atoms with E-state index in [0.717, 1.165) is 22.5 Å². The molecule has 3 aromatic carbocycles. The van der Waals surface area contributed by atoms with Crippen LogP contribution in [0.5, 0.6) is 0 Å². The van der Waals surface area contributed by atoms with Crippen LogP contribution >= 0.6 is 0 Å². The van der Waals surface area contributed by atoms with Crippen molar-refractivity contribution in [1.29, 1.82) is 0 Å². The predicted octanol–water partition coefficient (Wildman–Crippen LogP) is 4.12. The number of rotatable bonds is 5. The van der Waals surface area contributed by atoms with Gasteiger partial charge in [-0.2, -0.15) is 0 Å². The second-order valence-corrected chi connectivity index (χ2v) is 12.0. The first-order valence-corrected chi connectivity index (χ1v) is 15.1. The van der Waals surface area contributed by atoms with Gasteiger partial charge >= 0.3 is 0 Å². The van der Waals surface area contributed by atoms with Gasteiger partial charge in [-0.25, -0.2) is 0 Å². The zero-order valence-electron chi connectivity index (χ0n) is 24.7. The number of amides is 3. The fourth-order valence-electron chi connectivity index (χ4n) is 7.71. The summed E-state index contributed by atoms with van der Waals surface area (Å²) < 4.78 is 6.83. The van der Waals surface area contributed by atoms with Crippen LogP contribution in [0.1, 0.15) is 22.7 Å². The lowest BCUT2D eigenvalue weighted by Gasteiger charge is -2.39. The number of carbonyl (C=O) groups is 3. The normalized spacial score (nSPS) is 28.4. The van der Waals surface area contributed by atoms with E-state index < -0.39 is 42.2 Å². The number of anilines is 2. The molecule has 0 radical (unpaired) electrons. The van der Waals surface area contributed by atoms with Gasteiger partial charge in [0.25, 0.3) is 5.91 Å². The lowest BCUT2D eigenvalue weighted by Crippen LogP contribution is -2.56. The number of ether oxygens (including phenoxy) is 1. The van der Waals surface area contributed by atoms with Gasteiger partial charge in [0, 0.05) is 24.5 Å². The molecule has 2 saturated heterocycles. The maximum atomic E-state index is 14.9. The molecule has 7 rings (SSSR count). The minimum atomic E-state index is -1.41. The number of carbonyl (C=O) groups excluding carboxylic acids is 3. The smallest absolute Gasteiger partial charge is 0.253 e. The molecule has 224 valence electrons. The summed E-state index contributed by atoms with van der Waals surface area (Å²) >= 11 is 0. The molecule has 8 nitrogen and oxygen atoms in total. The highest BCUT2D eigenvalue weighted by Gasteiger charge is 2.72. The molecular formula is C36H35N3O5. The van der Waals surface area contributed by atoms with Crippen LogP contribution in [0.2, 0.25) is 0 Å². The van der Waals surface area contributed by atoms with Crippen molar-refractivity contribution in [3.8, 4) is 0 Å². The summed E-state index contributed by atoms with van der Waals surface area (Å²) in [4.78, 5) is 49.1. The number of benzene rings is 3. The van der Waals surface area contributed by atoms with Crippen molar-refractivity contribution >= 4 is 29.1 Å². The Labute approximate surface area is 256 Å². The standard InChI is InChI=1S/C36H35N3O5/c1-23-12-9-13-24(2)31(23)38-21-11-19-36-30(29-28(44-36)18-10-20-37(33(29)41)26-16-7-4-8-17-26)34(42)39(32(36)35(38)43)27(22-40)25-14-5-3-6-15-25/h3-19,27-30,32,40H,20-22H2,1-2H3/t27-,28-,29+,30+,32?,36+/m1/s1. The third-order valence-electron chi connectivity index (χ3n) is 9.57. The van der Waals surface area contributed by atoms with E-state index in [9.17, 15) is 19.5 Å². The highest BCUT2D eigenvalue weighted by Crippen LogP contribution is 2.55. The average Bonchev–Trinajstić information content (AvgIpc) is 3.35. The summed E-state index contributed by atoms with van der Waals surface area (Å²) in [5.74, 6) is -2.71. The quantitative estimate of drug-likeness (QED) is 0.453. The fourth-order valence-corrected chi connectivity index (χ4v) is 7.71. The van der Waals surface area contributed by atoms with Gasteiger partial charge in [-0.05, 0) is 42.7 Å². The Morgan fingerprint density at radius 2 is 1.48 bits per heavy atom. The Hall–Kier alpha value is -4.53. The number of aliphatic hydroxyl groups excluding tert-OH is 1. The van der Waals surface area contributed by atoms with Gasteiger partial charge in [0.2, 0.25) is 11.8 Å². The number of likely N-dealkylation sites (tertiary alicyclic amines) is 1. The van der Waals surface area contributed by atoms with E-state index in [4.69, 9.17) is 4.74 Å². The summed E-state index contributed by atoms with van der Waals surface area (Å²) in [6, 6.07) is 22.6. The van der Waals surface area contributed by atoms with Crippen LogP contribution in [0.25, 0.3) is 0 Å². The first-order valence-electron chi connectivity index (χ1n) is 15.1. The first kappa shape index (κ1) is 28.3. The molecular weight excluding hydrogens is 554 g/mol. The molecule has 2 fully saturated rings. The largest absolute Gasteiger partial charge is 0.394 e. The number of para-hydroxylation sites is 2. The molecule has 6 atom stereocenters. The van der Waals surface area contributed by atoms with Crippen molar-refractivity contribution in [3.63, 3.8) is 0 Å². The van der Waals surface area contributed by atoms with Gasteiger partial charge in [-0.3, -0.25) is 14.4 Å². The molecule has 0 saturated carbocycles. The van der Waals surface area contributed by atoms with E-state index in [-0.39, 0.29) is 24.3 Å². The van der Waals surface area contributed by atoms with Crippen molar-refractivity contribution < 1.29 is 24.2 Å². The predicted molar refractivity (Wildman–Crippen MR) is 167 cm³/mol. The molecule has 0 aliphatic carbocycles. The average molecular weight is 590 g/mol. The lowest BCUT2D eigenvalue weighted by molar-refractivity contribution is -0.144. The van der Waals surface area contributed by atoms with Crippen LogP contribution < -0.4 is 9.80 Å². The molecule has 1 N–H and O–H groups in total. The number of hydrogen-bond acceptors (Lipinski definition) is 5. The van der Waals surface area contributed by atoms with Gasteiger partial charge in [-0.15, -0.1) is 0 Å². The van der Waals surface area contributed by atoms with Crippen molar-refractivity contribution in [2.45, 2.75) is 37.6 Å². The number of hydrogen-bond donors (Lipinski definition) is 1. The summed E-state index contributed by atoms with van der Waals surface area (Å²) in [5.41, 5.74) is 2.68. The Balaban J connectivity index is 1.39. The summed E-state index contributed by atoms with van der Waals surface area (Å²) in [6.45, 7) is 4.16. The summed E-state index contributed by atoms with van der Waals surface area (Å²) in [6.07, 6.45) is 6.80. The number of nitrogens with zero attached hydrogens (tertiary/aromatic N) is 3. The SMILES string of the molecule is Cc1cccc(C)c1N1CC=C[C@]23O[C@@H]4C=CCN(c5ccccc5)C(=O)[C@@H]4[C@H]2C(=O)N([C@H](CO)c2ccccc2)C3C1=O. The highest BCUT2D eigenvalue weighted by atomic mass is 16.5. The number of aryl methyl sites for hydroxylation is 2. The van der Waals surface area contributed by atoms with Gasteiger partial charge in [0.1, 0.15) is 11.6 Å². The van der Waals surface area contributed by atoms with Crippen LogP contribution in [-0.2, 0) is 19.1 Å². The lowest BCUT2D eigenvalue weighted by atomic mass is 9.77. The molecule has 4 aliphatic rings. The second-order valence-electron chi connectivity index (χ2n) is 12.0.